The number of ether oxygens (including phenoxy) is 1. The van der Waals surface area contributed by atoms with Gasteiger partial charge in [-0.15, -0.1) is 0 Å². The molecule has 2 unspecified atom stereocenters. The topological polar surface area (TPSA) is 98.5 Å². The van der Waals surface area contributed by atoms with Gasteiger partial charge in [-0.2, -0.15) is 0 Å². The number of fused-ring (bicyclic) bond motifs is 7. The molecule has 0 saturated heterocycles. The molecule has 3 N–H and O–H groups in total. The summed E-state index contributed by atoms with van der Waals surface area (Å²) in [5.41, 5.74) is 6.44. The van der Waals surface area contributed by atoms with Gasteiger partial charge in [0.25, 0.3) is 0 Å². The van der Waals surface area contributed by atoms with Crippen LogP contribution in [0, 0.1) is 56.2 Å². The van der Waals surface area contributed by atoms with Crippen LogP contribution in [0.4, 0.5) is 0 Å². The van der Waals surface area contributed by atoms with Crippen molar-refractivity contribution in [2.75, 3.05) is 7.11 Å². The summed E-state index contributed by atoms with van der Waals surface area (Å²) in [6, 6.07) is 0. The van der Waals surface area contributed by atoms with Crippen LogP contribution in [0.1, 0.15) is 113 Å². The van der Waals surface area contributed by atoms with E-state index in [1.54, 1.807) is 14.0 Å². The van der Waals surface area contributed by atoms with E-state index in [0.29, 0.717) is 11.7 Å². The summed E-state index contributed by atoms with van der Waals surface area (Å²) in [4.78, 5) is 39.1. The molecule has 0 aromatic carbocycles. The molecular weight excluding hydrogens is 500 g/mol. The molecule has 2 amide bonds. The quantitative estimate of drug-likeness (QED) is 0.406. The minimum absolute atomic E-state index is 0.0371. The molecule has 0 heterocycles. The van der Waals surface area contributed by atoms with Gasteiger partial charge >= 0.3 is 0 Å². The van der Waals surface area contributed by atoms with Crippen LogP contribution in [0.15, 0.2) is 11.6 Å². The fourth-order valence-corrected chi connectivity index (χ4v) is 11.5. The second-order valence-electron chi connectivity index (χ2n) is 16.4. The highest BCUT2D eigenvalue weighted by molar-refractivity contribution is 5.95. The van der Waals surface area contributed by atoms with Crippen molar-refractivity contribution in [2.45, 2.75) is 119 Å². The number of hydrogen-bond donors (Lipinski definition) is 2. The highest BCUT2D eigenvalue weighted by atomic mass is 16.5. The summed E-state index contributed by atoms with van der Waals surface area (Å²) >= 11 is 0. The van der Waals surface area contributed by atoms with Crippen LogP contribution in [-0.2, 0) is 19.1 Å². The third kappa shape index (κ3) is 3.86. The van der Waals surface area contributed by atoms with Gasteiger partial charge in [-0.05, 0) is 103 Å². The van der Waals surface area contributed by atoms with Crippen LogP contribution in [0.25, 0.3) is 0 Å². The van der Waals surface area contributed by atoms with E-state index in [1.807, 2.05) is 6.92 Å². The molecule has 5 aliphatic rings. The number of hydrogen-bond acceptors (Lipinski definition) is 4. The van der Waals surface area contributed by atoms with E-state index >= 15 is 0 Å². The number of allylic oxidation sites excluding steroid dienone is 2. The zero-order chi connectivity index (χ0) is 29.7. The lowest BCUT2D eigenvalue weighted by Gasteiger charge is -2.71. The minimum atomic E-state index is -0.512. The normalized spacial score (nSPS) is 48.4. The fraction of sp³-hybridized carbons (Fsp3) is 0.853. The molecule has 0 bridgehead atoms. The molecule has 0 radical (unpaired) electrons. The molecule has 0 spiro atoms. The Morgan fingerprint density at radius 3 is 2.23 bits per heavy atom. The summed E-state index contributed by atoms with van der Waals surface area (Å²) in [6.07, 6.45) is 10.5. The lowest BCUT2D eigenvalue weighted by atomic mass is 9.33. The Labute approximate surface area is 242 Å². The van der Waals surface area contributed by atoms with Crippen LogP contribution >= 0.6 is 0 Å². The molecule has 10 atom stereocenters. The molecule has 5 aliphatic carbocycles. The zero-order valence-corrected chi connectivity index (χ0v) is 26.5. The van der Waals surface area contributed by atoms with Crippen molar-refractivity contribution in [3.63, 3.8) is 0 Å². The summed E-state index contributed by atoms with van der Waals surface area (Å²) in [5.74, 6) is 0.758. The van der Waals surface area contributed by atoms with Crippen molar-refractivity contribution < 1.29 is 19.1 Å². The van der Waals surface area contributed by atoms with Gasteiger partial charge in [0.1, 0.15) is 6.23 Å². The van der Waals surface area contributed by atoms with E-state index in [9.17, 15) is 14.4 Å². The van der Waals surface area contributed by atoms with E-state index in [0.717, 1.165) is 57.8 Å². The van der Waals surface area contributed by atoms with Gasteiger partial charge in [0, 0.05) is 31.3 Å². The third-order valence-electron chi connectivity index (χ3n) is 14.2. The van der Waals surface area contributed by atoms with Gasteiger partial charge in [-0.1, -0.05) is 54.0 Å². The molecule has 6 heteroatoms. The van der Waals surface area contributed by atoms with Gasteiger partial charge in [-0.3, -0.25) is 14.4 Å². The average molecular weight is 555 g/mol. The summed E-state index contributed by atoms with van der Waals surface area (Å²) in [7, 11) is 1.69. The standard InChI is InChI=1S/C34H54N2O4/c1-20(37)36-27(40-9)21-10-12-32(6)25(29(21,2)3)11-13-34(8)26(32)24(38)18-22-23-19-31(5,28(35)39)15-14-30(23,4)16-17-33(22,34)7/h18,21,23,25-27H,10-17,19H2,1-9H3,(H2,35,39)(H,36,37)/t21-,23-,25?,26-,27?,30-,31+,32+,33-,34-/m1/s1. The van der Waals surface area contributed by atoms with Crippen molar-refractivity contribution in [1.82, 2.24) is 5.32 Å². The molecule has 0 aromatic heterocycles. The summed E-state index contributed by atoms with van der Waals surface area (Å²) < 4.78 is 5.84. The molecule has 0 aliphatic heterocycles. The third-order valence-corrected chi connectivity index (χ3v) is 14.2. The molecule has 4 saturated carbocycles. The van der Waals surface area contributed by atoms with Gasteiger partial charge in [0.05, 0.1) is 0 Å². The van der Waals surface area contributed by atoms with Crippen LogP contribution < -0.4 is 11.1 Å². The molecule has 224 valence electrons. The average Bonchev–Trinajstić information content (AvgIpc) is 2.84. The maximum atomic E-state index is 14.5. The Balaban J connectivity index is 1.55. The van der Waals surface area contributed by atoms with Crippen LogP contribution in [0.3, 0.4) is 0 Å². The van der Waals surface area contributed by atoms with Gasteiger partial charge in [0.2, 0.25) is 11.8 Å². The number of methoxy groups -OCH3 is 1. The van der Waals surface area contributed by atoms with Crippen LogP contribution in [-0.4, -0.2) is 30.9 Å². The highest BCUT2D eigenvalue weighted by Crippen LogP contribution is 2.75. The number of nitrogens with two attached hydrogens (primary N) is 1. The number of primary amides is 1. The molecule has 4 fully saturated rings. The van der Waals surface area contributed by atoms with Gasteiger partial charge in [0.15, 0.2) is 5.78 Å². The second kappa shape index (κ2) is 9.15. The first-order valence-electron chi connectivity index (χ1n) is 15.8. The van der Waals surface area contributed by atoms with E-state index < -0.39 is 5.41 Å². The fourth-order valence-electron chi connectivity index (χ4n) is 11.5. The second-order valence-corrected chi connectivity index (χ2v) is 16.4. The van der Waals surface area contributed by atoms with E-state index in [4.69, 9.17) is 10.5 Å². The first-order chi connectivity index (χ1) is 18.4. The number of carbonyl (C=O) groups excluding carboxylic acids is 3. The van der Waals surface area contributed by atoms with Crippen molar-refractivity contribution in [1.29, 1.82) is 0 Å². The molecule has 5 rings (SSSR count). The Kier molecular flexibility index (Phi) is 6.82. The Morgan fingerprint density at radius 2 is 1.62 bits per heavy atom. The predicted octanol–water partition coefficient (Wildman–Crippen LogP) is 6.18. The maximum absolute atomic E-state index is 14.5. The maximum Gasteiger partial charge on any atom is 0.223 e. The first kappa shape index (κ1) is 29.8. The predicted molar refractivity (Wildman–Crippen MR) is 157 cm³/mol. The van der Waals surface area contributed by atoms with E-state index in [1.165, 1.54) is 5.57 Å². The summed E-state index contributed by atoms with van der Waals surface area (Å²) in [5, 5.41) is 3.05. The lowest BCUT2D eigenvalue weighted by molar-refractivity contribution is -0.204. The smallest absolute Gasteiger partial charge is 0.223 e. The lowest BCUT2D eigenvalue weighted by Crippen LogP contribution is -2.67. The molecule has 40 heavy (non-hydrogen) atoms. The first-order valence-corrected chi connectivity index (χ1v) is 15.8. The number of rotatable bonds is 4. The van der Waals surface area contributed by atoms with E-state index in [-0.39, 0.29) is 62.9 Å². The zero-order valence-electron chi connectivity index (χ0n) is 26.5. The number of nitrogens with one attached hydrogen (secondary N) is 1. The van der Waals surface area contributed by atoms with Crippen LogP contribution in [0.2, 0.25) is 0 Å². The van der Waals surface area contributed by atoms with E-state index in [2.05, 4.69) is 52.9 Å². The largest absolute Gasteiger partial charge is 0.369 e. The molecular formula is C34H54N2O4. The minimum Gasteiger partial charge on any atom is -0.369 e. The van der Waals surface area contributed by atoms with Crippen molar-refractivity contribution in [3.8, 4) is 0 Å². The Morgan fingerprint density at radius 1 is 0.975 bits per heavy atom. The van der Waals surface area contributed by atoms with Crippen LogP contribution in [0.5, 0.6) is 0 Å². The number of ketones is 1. The monoisotopic (exact) mass is 554 g/mol. The highest BCUT2D eigenvalue weighted by Gasteiger charge is 2.70. The Hall–Kier alpha value is -1.69. The van der Waals surface area contributed by atoms with Crippen molar-refractivity contribution in [2.24, 2.45) is 61.9 Å². The van der Waals surface area contributed by atoms with Gasteiger partial charge < -0.3 is 15.8 Å². The summed E-state index contributed by atoms with van der Waals surface area (Å²) in [6.45, 7) is 17.9. The Bertz CT molecular complexity index is 1140. The van der Waals surface area contributed by atoms with Crippen molar-refractivity contribution in [3.05, 3.63) is 11.6 Å². The van der Waals surface area contributed by atoms with Crippen molar-refractivity contribution >= 4 is 17.6 Å². The number of amides is 2. The molecule has 6 nitrogen and oxygen atoms in total. The number of carbonyl (C=O) groups is 3. The van der Waals surface area contributed by atoms with Gasteiger partial charge in [-0.25, -0.2) is 0 Å². The SMILES string of the molecule is COC(NC(C)=O)[C@H]1CC[C@@]2(C)C(CC[C@]3(C)[C@@H]2C(=O)C=C2[C@H]4C[C@@](C)(C(N)=O)CC[C@]4(C)CC[C@]23C)C1(C)C. The molecule has 0 aromatic rings.